The van der Waals surface area contributed by atoms with Crippen LogP contribution in [0.15, 0.2) is 41.3 Å². The Kier molecular flexibility index (Phi) is 4.73. The van der Waals surface area contributed by atoms with E-state index < -0.39 is 0 Å². The second-order valence-electron chi connectivity index (χ2n) is 4.82. The zero-order valence-electron chi connectivity index (χ0n) is 12.7. The van der Waals surface area contributed by atoms with Gasteiger partial charge in [-0.05, 0) is 30.2 Å². The van der Waals surface area contributed by atoms with Crippen LogP contribution in [0.4, 0.5) is 0 Å². The highest BCUT2D eigenvalue weighted by atomic mass is 32.2. The monoisotopic (exact) mass is 345 g/mol. The molecule has 0 bridgehead atoms. The van der Waals surface area contributed by atoms with Gasteiger partial charge in [-0.15, -0.1) is 10.2 Å². The predicted molar refractivity (Wildman–Crippen MR) is 91.2 cm³/mol. The van der Waals surface area contributed by atoms with Crippen LogP contribution in [0, 0.1) is 6.92 Å². The fourth-order valence-electron chi connectivity index (χ4n) is 2.02. The number of aromatic nitrogens is 4. The van der Waals surface area contributed by atoms with E-state index in [1.807, 2.05) is 10.8 Å². The molecule has 0 aliphatic rings. The first-order valence-corrected chi connectivity index (χ1v) is 8.74. The molecular formula is C15H15N5OS2. The van der Waals surface area contributed by atoms with Gasteiger partial charge in [0, 0.05) is 30.9 Å². The van der Waals surface area contributed by atoms with Gasteiger partial charge in [-0.25, -0.2) is 4.98 Å². The largest absolute Gasteiger partial charge is 0.353 e. The molecule has 2 heterocycles. The lowest BCUT2D eigenvalue weighted by Gasteiger charge is -2.08. The summed E-state index contributed by atoms with van der Waals surface area (Å²) in [6, 6.07) is 6.31. The van der Waals surface area contributed by atoms with E-state index >= 15 is 0 Å². The lowest BCUT2D eigenvalue weighted by molar-refractivity contribution is 0.0962. The van der Waals surface area contributed by atoms with Gasteiger partial charge in [0.25, 0.3) is 5.91 Å². The third-order valence-corrected chi connectivity index (χ3v) is 5.41. The van der Waals surface area contributed by atoms with Gasteiger partial charge >= 0.3 is 0 Å². The lowest BCUT2D eigenvalue weighted by Crippen LogP contribution is -2.17. The van der Waals surface area contributed by atoms with Crippen LogP contribution in [0.2, 0.25) is 0 Å². The molecule has 8 heteroatoms. The van der Waals surface area contributed by atoms with Crippen molar-refractivity contribution in [3.8, 4) is 5.69 Å². The van der Waals surface area contributed by atoms with Crippen LogP contribution in [0.5, 0.6) is 0 Å². The Morgan fingerprint density at radius 2 is 2.26 bits per heavy atom. The summed E-state index contributed by atoms with van der Waals surface area (Å²) in [6.07, 6.45) is 5.47. The summed E-state index contributed by atoms with van der Waals surface area (Å²) < 4.78 is 2.77. The molecule has 1 amide bonds. The maximum absolute atomic E-state index is 11.5. The van der Waals surface area contributed by atoms with Gasteiger partial charge < -0.3 is 9.88 Å². The van der Waals surface area contributed by atoms with Crippen molar-refractivity contribution in [3.63, 3.8) is 0 Å². The van der Waals surface area contributed by atoms with E-state index in [9.17, 15) is 4.79 Å². The van der Waals surface area contributed by atoms with Gasteiger partial charge in [0.2, 0.25) is 5.01 Å². The molecule has 1 aromatic carbocycles. The van der Waals surface area contributed by atoms with Crippen LogP contribution in [-0.2, 0) is 5.75 Å². The van der Waals surface area contributed by atoms with Crippen molar-refractivity contribution in [2.45, 2.75) is 17.0 Å². The smallest absolute Gasteiger partial charge is 0.282 e. The second-order valence-corrected chi connectivity index (χ2v) is 7.02. The number of carbonyl (C=O) groups is 1. The number of hydrogen-bond acceptors (Lipinski definition) is 6. The molecule has 0 saturated heterocycles. The second kappa shape index (κ2) is 6.93. The minimum Gasteiger partial charge on any atom is -0.353 e. The van der Waals surface area contributed by atoms with Crippen molar-refractivity contribution in [2.24, 2.45) is 0 Å². The maximum Gasteiger partial charge on any atom is 0.282 e. The third-order valence-electron chi connectivity index (χ3n) is 3.31. The zero-order valence-corrected chi connectivity index (χ0v) is 14.3. The van der Waals surface area contributed by atoms with Crippen LogP contribution in [0.1, 0.15) is 20.9 Å². The Hall–Kier alpha value is -2.19. The van der Waals surface area contributed by atoms with Crippen molar-refractivity contribution in [2.75, 3.05) is 7.05 Å². The average molecular weight is 345 g/mol. The number of carbonyl (C=O) groups excluding carboxylic acids is 1. The summed E-state index contributed by atoms with van der Waals surface area (Å²) in [5.41, 5.74) is 3.53. The highest BCUT2D eigenvalue weighted by Crippen LogP contribution is 2.27. The van der Waals surface area contributed by atoms with Gasteiger partial charge in [0.1, 0.15) is 0 Å². The summed E-state index contributed by atoms with van der Waals surface area (Å²) >= 11 is 2.89. The van der Waals surface area contributed by atoms with Gasteiger partial charge in [0.15, 0.2) is 4.34 Å². The Morgan fingerprint density at radius 1 is 1.39 bits per heavy atom. The number of benzene rings is 1. The zero-order chi connectivity index (χ0) is 16.2. The van der Waals surface area contributed by atoms with E-state index in [4.69, 9.17) is 0 Å². The van der Waals surface area contributed by atoms with Crippen molar-refractivity contribution in [1.29, 1.82) is 0 Å². The Labute approximate surface area is 142 Å². The first-order valence-electron chi connectivity index (χ1n) is 6.93. The SMILES string of the molecule is CNC(=O)c1nnc(SCc2ccc(-n3ccnc3)cc2C)s1. The van der Waals surface area contributed by atoms with Gasteiger partial charge in [-0.3, -0.25) is 4.79 Å². The summed E-state index contributed by atoms with van der Waals surface area (Å²) in [4.78, 5) is 15.5. The fourth-order valence-corrected chi connectivity index (χ4v) is 3.89. The summed E-state index contributed by atoms with van der Waals surface area (Å²) in [7, 11) is 1.59. The highest BCUT2D eigenvalue weighted by Gasteiger charge is 2.12. The fraction of sp³-hybridized carbons (Fsp3) is 0.200. The first-order chi connectivity index (χ1) is 11.2. The maximum atomic E-state index is 11.5. The van der Waals surface area contributed by atoms with E-state index in [-0.39, 0.29) is 5.91 Å². The molecule has 118 valence electrons. The summed E-state index contributed by atoms with van der Waals surface area (Å²) in [5, 5.41) is 10.9. The summed E-state index contributed by atoms with van der Waals surface area (Å²) in [6.45, 7) is 2.09. The van der Waals surface area contributed by atoms with Crippen LogP contribution in [-0.4, -0.2) is 32.7 Å². The lowest BCUT2D eigenvalue weighted by atomic mass is 10.1. The molecule has 1 N–H and O–H groups in total. The van der Waals surface area contributed by atoms with E-state index in [2.05, 4.69) is 45.6 Å². The van der Waals surface area contributed by atoms with Crippen LogP contribution >= 0.6 is 23.1 Å². The number of nitrogens with zero attached hydrogens (tertiary/aromatic N) is 4. The number of imidazole rings is 1. The first kappa shape index (κ1) is 15.7. The number of aryl methyl sites for hydroxylation is 1. The standard InChI is InChI=1S/C15H15N5OS2/c1-10-7-12(20-6-5-17-9-20)4-3-11(10)8-22-15-19-18-14(23-15)13(21)16-2/h3-7,9H,8H2,1-2H3,(H,16,21). The quantitative estimate of drug-likeness (QED) is 0.720. The van der Waals surface area contributed by atoms with E-state index in [0.717, 1.165) is 15.8 Å². The average Bonchev–Trinajstić information content (AvgIpc) is 3.24. The van der Waals surface area contributed by atoms with E-state index in [1.54, 1.807) is 31.3 Å². The van der Waals surface area contributed by atoms with E-state index in [0.29, 0.717) is 5.01 Å². The Balaban J connectivity index is 1.69. The number of hydrogen-bond donors (Lipinski definition) is 1. The van der Waals surface area contributed by atoms with Crippen molar-refractivity contribution in [1.82, 2.24) is 25.1 Å². The molecule has 3 rings (SSSR count). The number of rotatable bonds is 5. The molecule has 2 aromatic heterocycles. The van der Waals surface area contributed by atoms with Crippen molar-refractivity contribution < 1.29 is 4.79 Å². The van der Waals surface area contributed by atoms with Crippen LogP contribution < -0.4 is 5.32 Å². The molecule has 0 atom stereocenters. The van der Waals surface area contributed by atoms with Crippen LogP contribution in [0.3, 0.4) is 0 Å². The number of thioether (sulfide) groups is 1. The van der Waals surface area contributed by atoms with Gasteiger partial charge in [0.05, 0.1) is 6.33 Å². The molecule has 0 radical (unpaired) electrons. The number of nitrogens with one attached hydrogen (secondary N) is 1. The van der Waals surface area contributed by atoms with Gasteiger partial charge in [-0.2, -0.15) is 0 Å². The van der Waals surface area contributed by atoms with Crippen molar-refractivity contribution in [3.05, 3.63) is 53.1 Å². The highest BCUT2D eigenvalue weighted by molar-refractivity contribution is 8.00. The molecule has 0 unspecified atom stereocenters. The Bertz CT molecular complexity index is 813. The molecular weight excluding hydrogens is 330 g/mol. The molecule has 0 saturated carbocycles. The molecule has 0 aliphatic carbocycles. The van der Waals surface area contributed by atoms with E-state index in [1.165, 1.54) is 22.5 Å². The van der Waals surface area contributed by atoms with Crippen LogP contribution in [0.25, 0.3) is 5.69 Å². The molecule has 6 nitrogen and oxygen atoms in total. The molecule has 23 heavy (non-hydrogen) atoms. The normalized spacial score (nSPS) is 10.7. The topological polar surface area (TPSA) is 72.7 Å². The number of amides is 1. The predicted octanol–water partition coefficient (Wildman–Crippen LogP) is 2.68. The van der Waals surface area contributed by atoms with Crippen molar-refractivity contribution >= 4 is 29.0 Å². The third kappa shape index (κ3) is 3.59. The Morgan fingerprint density at radius 3 is 2.96 bits per heavy atom. The minimum atomic E-state index is -0.199. The molecule has 0 aliphatic heterocycles. The van der Waals surface area contributed by atoms with Gasteiger partial charge in [-0.1, -0.05) is 29.2 Å². The molecule has 0 spiro atoms. The minimum absolute atomic E-state index is 0.199. The summed E-state index contributed by atoms with van der Waals surface area (Å²) in [5.74, 6) is 0.591. The molecule has 3 aromatic rings. The molecule has 0 fully saturated rings.